The number of aryl methyl sites for hydroxylation is 1. The Kier molecular flexibility index (Phi) is 4.68. The molecule has 7 nitrogen and oxygen atoms in total. The Labute approximate surface area is 178 Å². The standard InChI is InChI=1S/C24H19N5O2/c1-15-10-11-20-21(12-15)31-23(28-20)19-14-25-29-22(19)16-6-5-9-18(13-16)27-24(30)26-17-7-3-2-4-8-17/h2-14H,1H3,(H,25,29)(H2,26,27,30). The number of oxazole rings is 1. The summed E-state index contributed by atoms with van der Waals surface area (Å²) in [5.41, 5.74) is 6.36. The number of aromatic amines is 1. The number of urea groups is 1. The smallest absolute Gasteiger partial charge is 0.323 e. The summed E-state index contributed by atoms with van der Waals surface area (Å²) in [6.07, 6.45) is 1.69. The molecule has 0 unspecified atom stereocenters. The van der Waals surface area contributed by atoms with Crippen LogP contribution in [0.1, 0.15) is 5.56 Å². The molecule has 0 aliphatic carbocycles. The molecular formula is C24H19N5O2. The minimum absolute atomic E-state index is 0.317. The number of amides is 2. The molecule has 31 heavy (non-hydrogen) atoms. The summed E-state index contributed by atoms with van der Waals surface area (Å²) in [6, 6.07) is 22.4. The van der Waals surface area contributed by atoms with Gasteiger partial charge in [0, 0.05) is 16.9 Å². The first kappa shape index (κ1) is 18.6. The number of nitrogens with zero attached hydrogens (tertiary/aromatic N) is 2. The van der Waals surface area contributed by atoms with Gasteiger partial charge in [0.15, 0.2) is 5.58 Å². The lowest BCUT2D eigenvalue weighted by molar-refractivity contribution is 0.262. The van der Waals surface area contributed by atoms with E-state index >= 15 is 0 Å². The fraction of sp³-hybridized carbons (Fsp3) is 0.0417. The Morgan fingerprint density at radius 2 is 1.74 bits per heavy atom. The predicted octanol–water partition coefficient (Wildman–Crippen LogP) is 5.84. The van der Waals surface area contributed by atoms with Gasteiger partial charge in [-0.05, 0) is 48.9 Å². The van der Waals surface area contributed by atoms with Gasteiger partial charge in [-0.1, -0.05) is 36.4 Å². The van der Waals surface area contributed by atoms with E-state index in [0.717, 1.165) is 39.2 Å². The first-order valence-corrected chi connectivity index (χ1v) is 9.80. The average Bonchev–Trinajstić information content (AvgIpc) is 3.41. The second-order valence-corrected chi connectivity index (χ2v) is 7.17. The number of benzene rings is 3. The molecule has 0 aliphatic rings. The highest BCUT2D eigenvalue weighted by molar-refractivity contribution is 6.00. The van der Waals surface area contributed by atoms with Crippen molar-refractivity contribution < 1.29 is 9.21 Å². The molecule has 0 fully saturated rings. The van der Waals surface area contributed by atoms with Gasteiger partial charge in [0.1, 0.15) is 5.52 Å². The zero-order chi connectivity index (χ0) is 21.2. The molecule has 0 spiro atoms. The van der Waals surface area contributed by atoms with Crippen LogP contribution in [0, 0.1) is 6.92 Å². The largest absolute Gasteiger partial charge is 0.436 e. The van der Waals surface area contributed by atoms with E-state index < -0.39 is 0 Å². The number of rotatable bonds is 4. The highest BCUT2D eigenvalue weighted by atomic mass is 16.3. The number of nitrogens with one attached hydrogen (secondary N) is 3. The number of H-pyrrole nitrogens is 1. The highest BCUT2D eigenvalue weighted by Gasteiger charge is 2.16. The molecule has 2 aromatic heterocycles. The minimum atomic E-state index is -0.317. The molecule has 0 saturated heterocycles. The molecule has 2 amide bonds. The van der Waals surface area contributed by atoms with Crippen molar-refractivity contribution >= 4 is 28.5 Å². The van der Waals surface area contributed by atoms with Gasteiger partial charge in [0.25, 0.3) is 0 Å². The van der Waals surface area contributed by atoms with Crippen LogP contribution < -0.4 is 10.6 Å². The molecule has 3 aromatic carbocycles. The van der Waals surface area contributed by atoms with Gasteiger partial charge in [0.2, 0.25) is 5.89 Å². The van der Waals surface area contributed by atoms with Gasteiger partial charge >= 0.3 is 6.03 Å². The van der Waals surface area contributed by atoms with Crippen molar-refractivity contribution in [2.75, 3.05) is 10.6 Å². The lowest BCUT2D eigenvalue weighted by Crippen LogP contribution is -2.19. The van der Waals surface area contributed by atoms with Crippen LogP contribution in [-0.4, -0.2) is 21.2 Å². The second kappa shape index (κ2) is 7.79. The summed E-state index contributed by atoms with van der Waals surface area (Å²) >= 11 is 0. The number of carbonyl (C=O) groups is 1. The fourth-order valence-electron chi connectivity index (χ4n) is 3.38. The number of anilines is 2. The topological polar surface area (TPSA) is 95.8 Å². The molecule has 2 heterocycles. The quantitative estimate of drug-likeness (QED) is 0.348. The third-order valence-corrected chi connectivity index (χ3v) is 4.85. The summed E-state index contributed by atoms with van der Waals surface area (Å²) in [5, 5.41) is 12.9. The maximum Gasteiger partial charge on any atom is 0.323 e. The Morgan fingerprint density at radius 3 is 2.61 bits per heavy atom. The zero-order valence-corrected chi connectivity index (χ0v) is 16.7. The van der Waals surface area contributed by atoms with E-state index in [9.17, 15) is 4.79 Å². The zero-order valence-electron chi connectivity index (χ0n) is 16.7. The highest BCUT2D eigenvalue weighted by Crippen LogP contribution is 2.33. The van der Waals surface area contributed by atoms with Crippen LogP contribution in [0.15, 0.2) is 83.4 Å². The van der Waals surface area contributed by atoms with Crippen LogP contribution in [0.4, 0.5) is 16.2 Å². The normalized spacial score (nSPS) is 10.9. The van der Waals surface area contributed by atoms with E-state index in [-0.39, 0.29) is 6.03 Å². The van der Waals surface area contributed by atoms with Crippen molar-refractivity contribution in [2.24, 2.45) is 0 Å². The lowest BCUT2D eigenvalue weighted by atomic mass is 10.1. The number of para-hydroxylation sites is 1. The number of hydrogen-bond acceptors (Lipinski definition) is 4. The molecule has 0 bridgehead atoms. The molecule has 0 radical (unpaired) electrons. The number of fused-ring (bicyclic) bond motifs is 1. The third kappa shape index (κ3) is 3.89. The molecule has 7 heteroatoms. The molecule has 5 rings (SSSR count). The van der Waals surface area contributed by atoms with Gasteiger partial charge in [-0.15, -0.1) is 0 Å². The van der Waals surface area contributed by atoms with E-state index in [1.165, 1.54) is 0 Å². The SMILES string of the molecule is Cc1ccc2nc(-c3cn[nH]c3-c3cccc(NC(=O)Nc4ccccc4)c3)oc2c1. The molecule has 152 valence electrons. The van der Waals surface area contributed by atoms with Gasteiger partial charge < -0.3 is 15.1 Å². The number of aromatic nitrogens is 3. The van der Waals surface area contributed by atoms with Crippen molar-refractivity contribution in [1.82, 2.24) is 15.2 Å². The van der Waals surface area contributed by atoms with Crippen LogP contribution in [-0.2, 0) is 0 Å². The maximum atomic E-state index is 12.3. The molecule has 0 saturated carbocycles. The molecule has 0 atom stereocenters. The van der Waals surface area contributed by atoms with Crippen molar-refractivity contribution in [3.05, 3.63) is 84.6 Å². The minimum Gasteiger partial charge on any atom is -0.436 e. The van der Waals surface area contributed by atoms with Crippen LogP contribution in [0.25, 0.3) is 33.8 Å². The van der Waals surface area contributed by atoms with Gasteiger partial charge in [-0.25, -0.2) is 9.78 Å². The molecule has 3 N–H and O–H groups in total. The average molecular weight is 409 g/mol. The van der Waals surface area contributed by atoms with Gasteiger partial charge in [-0.3, -0.25) is 5.10 Å². The Hall–Kier alpha value is -4.39. The summed E-state index contributed by atoms with van der Waals surface area (Å²) in [5.74, 6) is 0.490. The first-order chi connectivity index (χ1) is 15.2. The van der Waals surface area contributed by atoms with Crippen LogP contribution >= 0.6 is 0 Å². The Balaban J connectivity index is 1.41. The van der Waals surface area contributed by atoms with Gasteiger partial charge in [0.05, 0.1) is 17.5 Å². The van der Waals surface area contributed by atoms with E-state index in [1.807, 2.05) is 79.7 Å². The van der Waals surface area contributed by atoms with Gasteiger partial charge in [-0.2, -0.15) is 5.10 Å². The molecule has 0 aliphatic heterocycles. The van der Waals surface area contributed by atoms with E-state index in [1.54, 1.807) is 6.20 Å². The van der Waals surface area contributed by atoms with E-state index in [4.69, 9.17) is 4.42 Å². The van der Waals surface area contributed by atoms with Crippen molar-refractivity contribution in [3.8, 4) is 22.7 Å². The lowest BCUT2D eigenvalue weighted by Gasteiger charge is -2.09. The predicted molar refractivity (Wildman–Crippen MR) is 121 cm³/mol. The van der Waals surface area contributed by atoms with E-state index in [2.05, 4.69) is 25.8 Å². The van der Waals surface area contributed by atoms with E-state index in [0.29, 0.717) is 11.6 Å². The van der Waals surface area contributed by atoms with Crippen LogP contribution in [0.3, 0.4) is 0 Å². The second-order valence-electron chi connectivity index (χ2n) is 7.17. The third-order valence-electron chi connectivity index (χ3n) is 4.85. The first-order valence-electron chi connectivity index (χ1n) is 9.80. The fourth-order valence-corrected chi connectivity index (χ4v) is 3.38. The van der Waals surface area contributed by atoms with Crippen molar-refractivity contribution in [1.29, 1.82) is 0 Å². The summed E-state index contributed by atoms with van der Waals surface area (Å²) in [7, 11) is 0. The van der Waals surface area contributed by atoms with Crippen molar-refractivity contribution in [2.45, 2.75) is 6.92 Å². The molecule has 5 aromatic rings. The summed E-state index contributed by atoms with van der Waals surface area (Å²) in [6.45, 7) is 2.01. The Morgan fingerprint density at radius 1 is 0.935 bits per heavy atom. The number of hydrogen-bond donors (Lipinski definition) is 3. The summed E-state index contributed by atoms with van der Waals surface area (Å²) < 4.78 is 5.97. The maximum absolute atomic E-state index is 12.3. The summed E-state index contributed by atoms with van der Waals surface area (Å²) in [4.78, 5) is 16.9. The van der Waals surface area contributed by atoms with Crippen LogP contribution in [0.2, 0.25) is 0 Å². The number of carbonyl (C=O) groups excluding carboxylic acids is 1. The Bertz CT molecular complexity index is 1370. The monoisotopic (exact) mass is 409 g/mol. The molecular weight excluding hydrogens is 390 g/mol. The van der Waals surface area contributed by atoms with Crippen molar-refractivity contribution in [3.63, 3.8) is 0 Å². The van der Waals surface area contributed by atoms with Crippen LogP contribution in [0.5, 0.6) is 0 Å².